The molecule has 9 heteroatoms. The number of hydrogen-bond acceptors (Lipinski definition) is 4. The highest BCUT2D eigenvalue weighted by atomic mass is 35.5. The number of aromatic amines is 1. The molecule has 130 valence electrons. The molecule has 2 aromatic heterocycles. The van der Waals surface area contributed by atoms with Crippen LogP contribution in [0.3, 0.4) is 0 Å². The van der Waals surface area contributed by atoms with Gasteiger partial charge in [-0.05, 0) is 18.1 Å². The van der Waals surface area contributed by atoms with Crippen LogP contribution in [-0.4, -0.2) is 30.9 Å². The largest absolute Gasteiger partial charge is 0.465 e. The number of rotatable bonds is 4. The van der Waals surface area contributed by atoms with Gasteiger partial charge in [-0.1, -0.05) is 31.5 Å². The number of hydrogen-bond donors (Lipinski definition) is 3. The molecule has 1 aromatic carbocycles. The van der Waals surface area contributed by atoms with Gasteiger partial charge in [0.25, 0.3) is 5.56 Å². The maximum absolute atomic E-state index is 13.1. The van der Waals surface area contributed by atoms with Crippen LogP contribution in [0.5, 0.6) is 0 Å². The molecule has 8 nitrogen and oxygen atoms in total. The summed E-state index contributed by atoms with van der Waals surface area (Å²) in [5, 5.41) is 18.7. The van der Waals surface area contributed by atoms with Crippen LogP contribution >= 0.6 is 11.6 Å². The Morgan fingerprint density at radius 1 is 1.36 bits per heavy atom. The van der Waals surface area contributed by atoms with Gasteiger partial charge in [0.2, 0.25) is 0 Å². The summed E-state index contributed by atoms with van der Waals surface area (Å²) in [6.45, 7) is 3.68. The van der Waals surface area contributed by atoms with E-state index in [0.29, 0.717) is 11.3 Å². The van der Waals surface area contributed by atoms with Gasteiger partial charge in [-0.25, -0.2) is 14.3 Å². The predicted molar refractivity (Wildman–Crippen MR) is 93.2 cm³/mol. The number of carboxylic acid groups (broad SMARTS) is 1. The van der Waals surface area contributed by atoms with Crippen molar-refractivity contribution < 1.29 is 9.90 Å². The van der Waals surface area contributed by atoms with E-state index in [-0.39, 0.29) is 22.2 Å². The molecule has 2 heterocycles. The molecule has 0 spiro atoms. The Kier molecular flexibility index (Phi) is 4.45. The van der Waals surface area contributed by atoms with Gasteiger partial charge < -0.3 is 10.4 Å². The van der Waals surface area contributed by atoms with Crippen molar-refractivity contribution in [1.82, 2.24) is 25.1 Å². The molecule has 3 rings (SSSR count). The molecule has 25 heavy (non-hydrogen) atoms. The van der Waals surface area contributed by atoms with E-state index in [9.17, 15) is 14.7 Å². The number of fused-ring (bicyclic) bond motifs is 1. The van der Waals surface area contributed by atoms with Crippen LogP contribution in [0.15, 0.2) is 35.3 Å². The summed E-state index contributed by atoms with van der Waals surface area (Å²) >= 11 is 6.19. The Balaban J connectivity index is 2.39. The second-order valence-electron chi connectivity index (χ2n) is 5.86. The van der Waals surface area contributed by atoms with Crippen molar-refractivity contribution in [2.45, 2.75) is 19.9 Å². The number of carbonyl (C=O) groups is 1. The third kappa shape index (κ3) is 3.08. The lowest BCUT2D eigenvalue weighted by molar-refractivity contribution is 0.184. The van der Waals surface area contributed by atoms with Crippen LogP contribution < -0.4 is 10.9 Å². The Bertz CT molecular complexity index is 981. The van der Waals surface area contributed by atoms with Crippen molar-refractivity contribution in [2.24, 2.45) is 5.92 Å². The molecule has 1 amide bonds. The van der Waals surface area contributed by atoms with Gasteiger partial charge in [0, 0.05) is 6.07 Å². The van der Waals surface area contributed by atoms with Crippen LogP contribution in [-0.2, 0) is 0 Å². The zero-order chi connectivity index (χ0) is 18.1. The van der Waals surface area contributed by atoms with E-state index in [1.54, 1.807) is 24.3 Å². The van der Waals surface area contributed by atoms with Gasteiger partial charge >= 0.3 is 6.09 Å². The van der Waals surface area contributed by atoms with Crippen LogP contribution in [0.25, 0.3) is 16.7 Å². The number of aromatic nitrogens is 4. The molecule has 0 bridgehead atoms. The fraction of sp³-hybridized carbons (Fsp3) is 0.250. The topological polar surface area (TPSA) is 113 Å². The second kappa shape index (κ2) is 6.56. The highest BCUT2D eigenvalue weighted by Gasteiger charge is 2.26. The van der Waals surface area contributed by atoms with Crippen molar-refractivity contribution in [1.29, 1.82) is 0 Å². The third-order valence-electron chi connectivity index (χ3n) is 3.82. The number of H-pyrrole nitrogens is 1. The highest BCUT2D eigenvalue weighted by molar-refractivity contribution is 6.35. The number of benzene rings is 1. The van der Waals surface area contributed by atoms with E-state index >= 15 is 0 Å². The van der Waals surface area contributed by atoms with E-state index in [1.165, 1.54) is 10.8 Å². The molecule has 3 aromatic rings. The first-order valence-electron chi connectivity index (χ1n) is 7.60. The minimum atomic E-state index is -1.20. The summed E-state index contributed by atoms with van der Waals surface area (Å²) in [6.07, 6.45) is 0.299. The maximum atomic E-state index is 13.1. The zero-order valence-electron chi connectivity index (χ0n) is 13.5. The molecule has 0 aliphatic rings. The van der Waals surface area contributed by atoms with Crippen molar-refractivity contribution >= 4 is 28.6 Å². The number of nitrogens with one attached hydrogen (secondary N) is 2. The molecule has 3 N–H and O–H groups in total. The fourth-order valence-electron chi connectivity index (χ4n) is 2.68. The zero-order valence-corrected chi connectivity index (χ0v) is 14.3. The normalized spacial score (nSPS) is 12.5. The Morgan fingerprint density at radius 3 is 2.72 bits per heavy atom. The van der Waals surface area contributed by atoms with Gasteiger partial charge in [-0.2, -0.15) is 5.10 Å². The summed E-state index contributed by atoms with van der Waals surface area (Å²) in [5.74, 6) is 0.502. The molecule has 0 saturated heterocycles. The fourth-order valence-corrected chi connectivity index (χ4v) is 2.93. The predicted octanol–water partition coefficient (Wildman–Crippen LogP) is 2.73. The number of amides is 1. The minimum Gasteiger partial charge on any atom is -0.465 e. The maximum Gasteiger partial charge on any atom is 0.405 e. The standard InChI is InChI=1S/C16H16ClN5O3/c1-8(2)13(20-16(24)25)14-19-10-5-3-4-9(17)12(10)15(23)22(14)11-6-7-18-21-11/h3-8,13,20H,1-2H3,(H,18,21)(H,24,25). The molecular formula is C16H16ClN5O3. The van der Waals surface area contributed by atoms with Crippen LogP contribution in [0.4, 0.5) is 4.79 Å². The Morgan fingerprint density at radius 2 is 2.12 bits per heavy atom. The van der Waals surface area contributed by atoms with Crippen molar-refractivity contribution in [2.75, 3.05) is 0 Å². The van der Waals surface area contributed by atoms with Gasteiger partial charge in [-0.15, -0.1) is 0 Å². The van der Waals surface area contributed by atoms with Crippen LogP contribution in [0.2, 0.25) is 5.02 Å². The van der Waals surface area contributed by atoms with E-state index in [1.807, 2.05) is 13.8 Å². The quantitative estimate of drug-likeness (QED) is 0.661. The molecule has 0 radical (unpaired) electrons. The first kappa shape index (κ1) is 17.0. The summed E-state index contributed by atoms with van der Waals surface area (Å²) in [6, 6.07) is 5.88. The molecular weight excluding hydrogens is 346 g/mol. The molecule has 0 aliphatic carbocycles. The third-order valence-corrected chi connectivity index (χ3v) is 4.14. The van der Waals surface area contributed by atoms with Crippen LogP contribution in [0, 0.1) is 5.92 Å². The molecule has 0 saturated carbocycles. The first-order chi connectivity index (χ1) is 11.9. The highest BCUT2D eigenvalue weighted by Crippen LogP contribution is 2.25. The van der Waals surface area contributed by atoms with E-state index in [0.717, 1.165) is 0 Å². The summed E-state index contributed by atoms with van der Waals surface area (Å²) in [5.41, 5.74) is 0.00814. The molecule has 1 atom stereocenters. The lowest BCUT2D eigenvalue weighted by Gasteiger charge is -2.23. The Labute approximate surface area is 147 Å². The summed E-state index contributed by atoms with van der Waals surface area (Å²) in [7, 11) is 0. The summed E-state index contributed by atoms with van der Waals surface area (Å²) in [4.78, 5) is 28.8. The lowest BCUT2D eigenvalue weighted by Crippen LogP contribution is -2.36. The van der Waals surface area contributed by atoms with Gasteiger partial charge in [0.05, 0.1) is 28.2 Å². The number of nitrogens with zero attached hydrogens (tertiary/aromatic N) is 3. The second-order valence-corrected chi connectivity index (χ2v) is 6.26. The average molecular weight is 362 g/mol. The van der Waals surface area contributed by atoms with Gasteiger partial charge in [-0.3, -0.25) is 9.89 Å². The summed E-state index contributed by atoms with van der Waals surface area (Å²) < 4.78 is 1.31. The molecule has 1 unspecified atom stereocenters. The van der Waals surface area contributed by atoms with Crippen molar-refractivity contribution in [3.8, 4) is 5.82 Å². The lowest BCUT2D eigenvalue weighted by atomic mass is 10.0. The monoisotopic (exact) mass is 361 g/mol. The van der Waals surface area contributed by atoms with Crippen LogP contribution in [0.1, 0.15) is 25.7 Å². The first-order valence-corrected chi connectivity index (χ1v) is 7.98. The van der Waals surface area contributed by atoms with E-state index in [4.69, 9.17) is 11.6 Å². The SMILES string of the molecule is CC(C)C(NC(=O)O)c1nc2cccc(Cl)c2c(=O)n1-c1ccn[nH]1. The van der Waals surface area contributed by atoms with E-state index < -0.39 is 17.7 Å². The average Bonchev–Trinajstić information content (AvgIpc) is 3.05. The Hall–Kier alpha value is -2.87. The molecule has 0 fully saturated rings. The van der Waals surface area contributed by atoms with Crippen molar-refractivity contribution in [3.63, 3.8) is 0 Å². The van der Waals surface area contributed by atoms with Gasteiger partial charge in [0.15, 0.2) is 0 Å². The smallest absolute Gasteiger partial charge is 0.405 e. The molecule has 0 aliphatic heterocycles. The number of halogens is 1. The minimum absolute atomic E-state index is 0.145. The van der Waals surface area contributed by atoms with Gasteiger partial charge in [0.1, 0.15) is 11.6 Å². The van der Waals surface area contributed by atoms with E-state index in [2.05, 4.69) is 20.5 Å². The van der Waals surface area contributed by atoms with Crippen molar-refractivity contribution in [3.05, 3.63) is 51.7 Å².